The molecule has 0 fully saturated rings. The highest BCUT2D eigenvalue weighted by molar-refractivity contribution is 5.34. The van der Waals surface area contributed by atoms with Crippen LogP contribution in [0, 0.1) is 5.95 Å². The van der Waals surface area contributed by atoms with Crippen molar-refractivity contribution in [2.45, 2.75) is 18.9 Å². The van der Waals surface area contributed by atoms with Gasteiger partial charge in [-0.15, -0.1) is 0 Å². The van der Waals surface area contributed by atoms with E-state index in [2.05, 4.69) is 27.4 Å². The van der Waals surface area contributed by atoms with E-state index >= 15 is 0 Å². The molecule has 13 heavy (non-hydrogen) atoms. The molecule has 0 bridgehead atoms. The lowest BCUT2D eigenvalue weighted by molar-refractivity contribution is 0.579. The lowest BCUT2D eigenvalue weighted by Gasteiger charge is -2.11. The van der Waals surface area contributed by atoms with Gasteiger partial charge in [0.15, 0.2) is 0 Å². The molecular formula is C9H10FN3. The molecule has 1 heterocycles. The molecule has 0 aromatic carbocycles. The van der Waals surface area contributed by atoms with Crippen LogP contribution in [0.3, 0.4) is 0 Å². The van der Waals surface area contributed by atoms with Gasteiger partial charge in [-0.25, -0.2) is 9.97 Å². The summed E-state index contributed by atoms with van der Waals surface area (Å²) >= 11 is 0. The lowest BCUT2D eigenvalue weighted by atomic mass is 10.2. The summed E-state index contributed by atoms with van der Waals surface area (Å²) in [4.78, 5) is 7.29. The first kappa shape index (κ1) is 8.16. The number of halogens is 1. The molecule has 0 saturated heterocycles. The Bertz CT molecular complexity index is 316. The number of aromatic nitrogens is 2. The van der Waals surface area contributed by atoms with Gasteiger partial charge < -0.3 is 5.32 Å². The van der Waals surface area contributed by atoms with Crippen molar-refractivity contribution in [1.82, 2.24) is 9.97 Å². The van der Waals surface area contributed by atoms with Crippen LogP contribution in [0.15, 0.2) is 24.5 Å². The Morgan fingerprint density at radius 3 is 2.77 bits per heavy atom. The van der Waals surface area contributed by atoms with Gasteiger partial charge in [0.1, 0.15) is 12.1 Å². The fourth-order valence-corrected chi connectivity index (χ4v) is 1.36. The van der Waals surface area contributed by atoms with Crippen LogP contribution in [0.2, 0.25) is 0 Å². The minimum Gasteiger partial charge on any atom is -0.367 e. The first-order chi connectivity index (χ1) is 6.34. The van der Waals surface area contributed by atoms with E-state index in [0.29, 0.717) is 11.9 Å². The number of hydrogen-bond donors (Lipinski definition) is 1. The number of rotatable bonds is 2. The predicted molar refractivity (Wildman–Crippen MR) is 47.8 cm³/mol. The fraction of sp³-hybridized carbons (Fsp3) is 0.333. The second-order valence-corrected chi connectivity index (χ2v) is 3.01. The molecule has 2 rings (SSSR count). The SMILES string of the molecule is Fc1cc(NC2CC=CC2)ncn1. The van der Waals surface area contributed by atoms with E-state index in [1.54, 1.807) is 0 Å². The highest BCUT2D eigenvalue weighted by Crippen LogP contribution is 2.14. The standard InChI is InChI=1S/C9H10FN3/c10-8-5-9(12-6-11-8)13-7-3-1-2-4-7/h1-2,5-7H,3-4H2,(H,11,12,13). The van der Waals surface area contributed by atoms with E-state index in [9.17, 15) is 4.39 Å². The topological polar surface area (TPSA) is 37.8 Å². The van der Waals surface area contributed by atoms with Gasteiger partial charge in [-0.1, -0.05) is 12.2 Å². The summed E-state index contributed by atoms with van der Waals surface area (Å²) in [6, 6.07) is 1.66. The van der Waals surface area contributed by atoms with Crippen LogP contribution >= 0.6 is 0 Å². The second-order valence-electron chi connectivity index (χ2n) is 3.01. The van der Waals surface area contributed by atoms with E-state index in [1.807, 2.05) is 0 Å². The molecule has 0 unspecified atom stereocenters. The summed E-state index contributed by atoms with van der Waals surface area (Å²) < 4.78 is 12.6. The van der Waals surface area contributed by atoms with Crippen molar-refractivity contribution in [3.05, 3.63) is 30.5 Å². The lowest BCUT2D eigenvalue weighted by Crippen LogP contribution is -2.16. The third-order valence-electron chi connectivity index (χ3n) is 1.99. The smallest absolute Gasteiger partial charge is 0.217 e. The highest BCUT2D eigenvalue weighted by Gasteiger charge is 2.10. The zero-order chi connectivity index (χ0) is 9.10. The van der Waals surface area contributed by atoms with Crippen LogP contribution in [0.25, 0.3) is 0 Å². The first-order valence-electron chi connectivity index (χ1n) is 4.23. The van der Waals surface area contributed by atoms with Crippen LogP contribution in [0.5, 0.6) is 0 Å². The molecule has 1 aliphatic rings. The average Bonchev–Trinajstić information content (AvgIpc) is 2.57. The van der Waals surface area contributed by atoms with Crippen molar-refractivity contribution in [2.75, 3.05) is 5.32 Å². The highest BCUT2D eigenvalue weighted by atomic mass is 19.1. The molecule has 0 saturated carbocycles. The van der Waals surface area contributed by atoms with Gasteiger partial charge in [-0.3, -0.25) is 0 Å². The molecule has 1 aromatic heterocycles. The summed E-state index contributed by atoms with van der Waals surface area (Å²) in [6.07, 6.45) is 7.39. The van der Waals surface area contributed by atoms with Crippen LogP contribution in [-0.2, 0) is 0 Å². The summed E-state index contributed by atoms with van der Waals surface area (Å²) in [6.45, 7) is 0. The maximum Gasteiger partial charge on any atom is 0.217 e. The third kappa shape index (κ3) is 2.02. The van der Waals surface area contributed by atoms with E-state index in [0.717, 1.165) is 12.8 Å². The van der Waals surface area contributed by atoms with Crippen molar-refractivity contribution < 1.29 is 4.39 Å². The zero-order valence-electron chi connectivity index (χ0n) is 7.07. The van der Waals surface area contributed by atoms with E-state index in [1.165, 1.54) is 12.4 Å². The van der Waals surface area contributed by atoms with Gasteiger partial charge in [0.25, 0.3) is 0 Å². The quantitative estimate of drug-likeness (QED) is 0.555. The summed E-state index contributed by atoms with van der Waals surface area (Å²) in [7, 11) is 0. The molecule has 1 aliphatic carbocycles. The van der Waals surface area contributed by atoms with Crippen molar-refractivity contribution in [3.8, 4) is 0 Å². The van der Waals surface area contributed by atoms with Crippen LogP contribution in [0.1, 0.15) is 12.8 Å². The van der Waals surface area contributed by atoms with Crippen molar-refractivity contribution in [3.63, 3.8) is 0 Å². The molecule has 0 aliphatic heterocycles. The summed E-state index contributed by atoms with van der Waals surface area (Å²) in [5.74, 6) is 0.0599. The second kappa shape index (κ2) is 3.51. The van der Waals surface area contributed by atoms with E-state index in [-0.39, 0.29) is 0 Å². The summed E-state index contributed by atoms with van der Waals surface area (Å²) in [5, 5.41) is 3.13. The average molecular weight is 179 g/mol. The maximum absolute atomic E-state index is 12.6. The first-order valence-corrected chi connectivity index (χ1v) is 4.23. The monoisotopic (exact) mass is 179 g/mol. The Labute approximate surface area is 75.7 Å². The maximum atomic E-state index is 12.6. The number of nitrogens with zero attached hydrogens (tertiary/aromatic N) is 2. The predicted octanol–water partition coefficient (Wildman–Crippen LogP) is 1.75. The number of nitrogens with one attached hydrogen (secondary N) is 1. The molecule has 4 heteroatoms. The molecule has 0 spiro atoms. The number of anilines is 1. The Balaban J connectivity index is 2.01. The molecular weight excluding hydrogens is 169 g/mol. The van der Waals surface area contributed by atoms with E-state index in [4.69, 9.17) is 0 Å². The molecule has 0 atom stereocenters. The molecule has 3 nitrogen and oxygen atoms in total. The Morgan fingerprint density at radius 2 is 2.08 bits per heavy atom. The van der Waals surface area contributed by atoms with Crippen LogP contribution in [-0.4, -0.2) is 16.0 Å². The van der Waals surface area contributed by atoms with Gasteiger partial charge >= 0.3 is 0 Å². The molecule has 0 radical (unpaired) electrons. The molecule has 0 amide bonds. The van der Waals surface area contributed by atoms with Gasteiger partial charge in [0.2, 0.25) is 5.95 Å². The summed E-state index contributed by atoms with van der Waals surface area (Å²) in [5.41, 5.74) is 0. The minimum atomic E-state index is -0.497. The van der Waals surface area contributed by atoms with Crippen molar-refractivity contribution in [1.29, 1.82) is 0 Å². The Kier molecular flexibility index (Phi) is 2.21. The van der Waals surface area contributed by atoms with Crippen molar-refractivity contribution >= 4 is 5.82 Å². The molecule has 1 N–H and O–H groups in total. The molecule has 68 valence electrons. The fourth-order valence-electron chi connectivity index (χ4n) is 1.36. The minimum absolute atomic E-state index is 0.356. The number of hydrogen-bond acceptors (Lipinski definition) is 3. The van der Waals surface area contributed by atoms with E-state index < -0.39 is 5.95 Å². The van der Waals surface area contributed by atoms with Crippen molar-refractivity contribution in [2.24, 2.45) is 0 Å². The van der Waals surface area contributed by atoms with Crippen LogP contribution < -0.4 is 5.32 Å². The zero-order valence-corrected chi connectivity index (χ0v) is 7.07. The Morgan fingerprint density at radius 1 is 1.31 bits per heavy atom. The Hall–Kier alpha value is -1.45. The van der Waals surface area contributed by atoms with Gasteiger partial charge in [-0.2, -0.15) is 4.39 Å². The van der Waals surface area contributed by atoms with Crippen LogP contribution in [0.4, 0.5) is 10.2 Å². The van der Waals surface area contributed by atoms with Gasteiger partial charge in [0, 0.05) is 12.1 Å². The van der Waals surface area contributed by atoms with Gasteiger partial charge in [-0.05, 0) is 12.8 Å². The molecule has 1 aromatic rings. The largest absolute Gasteiger partial charge is 0.367 e. The third-order valence-corrected chi connectivity index (χ3v) is 1.99. The van der Waals surface area contributed by atoms with Gasteiger partial charge in [0.05, 0.1) is 0 Å². The normalized spacial score (nSPS) is 16.4.